The molecule has 1 amide bonds. The molecule has 1 aliphatic heterocycles. The highest BCUT2D eigenvalue weighted by molar-refractivity contribution is 5.76. The smallest absolute Gasteiger partial charge is 0.220 e. The summed E-state index contributed by atoms with van der Waals surface area (Å²) in [6, 6.07) is -0.809. The van der Waals surface area contributed by atoms with Gasteiger partial charge in [0.25, 0.3) is 0 Å². The van der Waals surface area contributed by atoms with Crippen molar-refractivity contribution >= 4 is 5.91 Å². The van der Waals surface area contributed by atoms with E-state index in [1.807, 2.05) is 13.0 Å². The third-order valence-electron chi connectivity index (χ3n) is 9.65. The van der Waals surface area contributed by atoms with Crippen LogP contribution >= 0.6 is 0 Å². The molecule has 0 aromatic carbocycles. The van der Waals surface area contributed by atoms with E-state index in [0.717, 1.165) is 89.9 Å². The molecule has 0 aromatic heterocycles. The van der Waals surface area contributed by atoms with E-state index in [2.05, 4.69) is 97.3 Å². The van der Waals surface area contributed by atoms with Crippen LogP contribution in [0.15, 0.2) is 97.2 Å². The number of amides is 1. The minimum Gasteiger partial charge on any atom is -0.394 e. The largest absolute Gasteiger partial charge is 0.394 e. The quantitative estimate of drug-likeness (QED) is 0.0279. The second-order valence-corrected chi connectivity index (χ2v) is 14.8. The lowest BCUT2D eigenvalue weighted by Gasteiger charge is -2.40. The Kier molecular flexibility index (Phi) is 34.2. The predicted octanol–water partition coefficient (Wildman–Crippen LogP) is 8.94. The van der Waals surface area contributed by atoms with Crippen LogP contribution in [0.3, 0.4) is 0 Å². The molecule has 0 spiro atoms. The Morgan fingerprint density at radius 3 is 1.58 bits per heavy atom. The molecule has 57 heavy (non-hydrogen) atoms. The fraction of sp³-hybridized carbons (Fsp3) is 0.646. The second kappa shape index (κ2) is 37.4. The molecule has 1 rings (SSSR count). The van der Waals surface area contributed by atoms with Gasteiger partial charge in [-0.1, -0.05) is 162 Å². The number of ether oxygens (including phenoxy) is 2. The molecule has 9 heteroatoms. The van der Waals surface area contributed by atoms with Gasteiger partial charge in [-0.15, -0.1) is 0 Å². The zero-order valence-corrected chi connectivity index (χ0v) is 35.3. The first kappa shape index (κ1) is 52.1. The van der Waals surface area contributed by atoms with Crippen LogP contribution in [0.1, 0.15) is 142 Å². The molecule has 0 saturated carbocycles. The van der Waals surface area contributed by atoms with E-state index in [0.29, 0.717) is 6.42 Å². The van der Waals surface area contributed by atoms with Crippen molar-refractivity contribution in [1.29, 1.82) is 0 Å². The molecule has 9 nitrogen and oxygen atoms in total. The average Bonchev–Trinajstić information content (AvgIpc) is 3.21. The van der Waals surface area contributed by atoms with Crippen LogP contribution in [0, 0.1) is 0 Å². The van der Waals surface area contributed by atoms with Gasteiger partial charge in [-0.3, -0.25) is 4.79 Å². The van der Waals surface area contributed by atoms with Gasteiger partial charge in [-0.25, -0.2) is 0 Å². The lowest BCUT2D eigenvalue weighted by atomic mass is 9.99. The maximum Gasteiger partial charge on any atom is 0.220 e. The van der Waals surface area contributed by atoms with Gasteiger partial charge in [0.15, 0.2) is 6.29 Å². The summed E-state index contributed by atoms with van der Waals surface area (Å²) in [6.45, 7) is 3.41. The molecular formula is C48H79NO8. The van der Waals surface area contributed by atoms with Gasteiger partial charge < -0.3 is 40.3 Å². The number of nitrogens with one attached hydrogen (secondary N) is 1. The van der Waals surface area contributed by atoms with E-state index in [4.69, 9.17) is 9.47 Å². The van der Waals surface area contributed by atoms with Crippen LogP contribution < -0.4 is 5.32 Å². The van der Waals surface area contributed by atoms with Crippen LogP contribution in [0.25, 0.3) is 0 Å². The van der Waals surface area contributed by atoms with Gasteiger partial charge >= 0.3 is 0 Å². The molecule has 324 valence electrons. The van der Waals surface area contributed by atoms with Gasteiger partial charge in [0.05, 0.1) is 25.4 Å². The fourth-order valence-corrected chi connectivity index (χ4v) is 6.14. The number of aliphatic hydroxyl groups excluding tert-OH is 5. The van der Waals surface area contributed by atoms with Crippen LogP contribution in [-0.4, -0.2) is 87.5 Å². The Morgan fingerprint density at radius 2 is 1.09 bits per heavy atom. The molecule has 1 aliphatic rings. The number of hydrogen-bond donors (Lipinski definition) is 6. The SMILES string of the molecule is CC/C=C\C/C=C\C/C=C\C/C=C\C/C=C\C/C=C\C/C=C\CCCCCCCCCCCC(=O)NC(COC1OC(CO)C(O)C(O)C1O)C(O)/C=C/CCC. The minimum absolute atomic E-state index is 0.202. The summed E-state index contributed by atoms with van der Waals surface area (Å²) in [4.78, 5) is 12.8. The van der Waals surface area contributed by atoms with Gasteiger partial charge in [0, 0.05) is 6.42 Å². The number of allylic oxidation sites excluding steroid dienone is 15. The van der Waals surface area contributed by atoms with E-state index < -0.39 is 49.5 Å². The lowest BCUT2D eigenvalue weighted by molar-refractivity contribution is -0.302. The Hall–Kier alpha value is -2.89. The van der Waals surface area contributed by atoms with Crippen LogP contribution in [0.5, 0.6) is 0 Å². The highest BCUT2D eigenvalue weighted by Gasteiger charge is 2.44. The molecule has 0 aromatic rings. The summed E-state index contributed by atoms with van der Waals surface area (Å²) >= 11 is 0. The molecule has 0 radical (unpaired) electrons. The van der Waals surface area contributed by atoms with Crippen molar-refractivity contribution < 1.29 is 39.8 Å². The number of aliphatic hydroxyl groups is 5. The zero-order chi connectivity index (χ0) is 41.6. The maximum atomic E-state index is 12.8. The van der Waals surface area contributed by atoms with Crippen molar-refractivity contribution in [3.8, 4) is 0 Å². The highest BCUT2D eigenvalue weighted by Crippen LogP contribution is 2.22. The summed E-state index contributed by atoms with van der Waals surface area (Å²) in [5.41, 5.74) is 0. The van der Waals surface area contributed by atoms with E-state index in [1.165, 1.54) is 32.1 Å². The standard InChI is InChI=1S/C48H79NO8/c1-3-5-7-8-9-10-11-12-13-14-15-16-17-18-19-20-21-22-23-24-25-26-27-28-29-30-31-32-33-34-36-38-44(52)49-41(42(51)37-35-6-4-2)40-56-48-47(55)46(54)45(53)43(39-50)57-48/h5,7,9-10,12-13,15-16,18-19,21-22,24-25,35,37,41-43,45-48,50-51,53-55H,3-4,6,8,11,14,17,20,23,26-34,36,38-40H2,1-2H3,(H,49,52)/b7-5-,10-9-,13-12-,16-15-,19-18-,22-21-,25-24-,37-35+. The number of carbonyl (C=O) groups is 1. The molecule has 0 bridgehead atoms. The molecule has 1 fully saturated rings. The van der Waals surface area contributed by atoms with Crippen molar-refractivity contribution in [3.63, 3.8) is 0 Å². The highest BCUT2D eigenvalue weighted by atomic mass is 16.7. The van der Waals surface area contributed by atoms with Crippen LogP contribution in [0.4, 0.5) is 0 Å². The minimum atomic E-state index is -1.57. The third-order valence-corrected chi connectivity index (χ3v) is 9.65. The van der Waals surface area contributed by atoms with Crippen molar-refractivity contribution in [2.75, 3.05) is 13.2 Å². The summed E-state index contributed by atoms with van der Waals surface area (Å²) < 4.78 is 11.0. The first-order valence-corrected chi connectivity index (χ1v) is 22.0. The molecule has 7 unspecified atom stereocenters. The van der Waals surface area contributed by atoms with Crippen molar-refractivity contribution in [2.45, 2.75) is 185 Å². The van der Waals surface area contributed by atoms with Crippen LogP contribution in [0.2, 0.25) is 0 Å². The second-order valence-electron chi connectivity index (χ2n) is 14.8. The predicted molar refractivity (Wildman–Crippen MR) is 234 cm³/mol. The first-order valence-electron chi connectivity index (χ1n) is 22.0. The monoisotopic (exact) mass is 798 g/mol. The zero-order valence-electron chi connectivity index (χ0n) is 35.3. The summed E-state index contributed by atoms with van der Waals surface area (Å²) in [6.07, 6.45) is 47.0. The van der Waals surface area contributed by atoms with Gasteiger partial charge in [0.2, 0.25) is 5.91 Å². The summed E-state index contributed by atoms with van der Waals surface area (Å²) in [7, 11) is 0. The Balaban J connectivity index is 2.09. The maximum absolute atomic E-state index is 12.8. The Bertz CT molecular complexity index is 1200. The number of hydrogen-bond acceptors (Lipinski definition) is 8. The van der Waals surface area contributed by atoms with E-state index in [-0.39, 0.29) is 12.5 Å². The Labute approximate surface area is 345 Å². The number of unbranched alkanes of at least 4 members (excludes halogenated alkanes) is 10. The van der Waals surface area contributed by atoms with Gasteiger partial charge in [-0.2, -0.15) is 0 Å². The fourth-order valence-electron chi connectivity index (χ4n) is 6.14. The van der Waals surface area contributed by atoms with Crippen molar-refractivity contribution in [1.82, 2.24) is 5.32 Å². The number of carbonyl (C=O) groups excluding carboxylic acids is 1. The number of rotatable bonds is 34. The molecule has 1 heterocycles. The molecule has 7 atom stereocenters. The topological polar surface area (TPSA) is 149 Å². The Morgan fingerprint density at radius 1 is 0.614 bits per heavy atom. The first-order chi connectivity index (χ1) is 27.8. The lowest BCUT2D eigenvalue weighted by Crippen LogP contribution is -2.60. The van der Waals surface area contributed by atoms with E-state index in [9.17, 15) is 30.3 Å². The van der Waals surface area contributed by atoms with Crippen LogP contribution in [-0.2, 0) is 14.3 Å². The van der Waals surface area contributed by atoms with E-state index in [1.54, 1.807) is 6.08 Å². The van der Waals surface area contributed by atoms with Crippen molar-refractivity contribution in [2.24, 2.45) is 0 Å². The third kappa shape index (κ3) is 28.2. The normalized spacial score (nSPS) is 22.0. The van der Waals surface area contributed by atoms with Crippen molar-refractivity contribution in [3.05, 3.63) is 97.2 Å². The molecule has 1 saturated heterocycles. The summed E-state index contributed by atoms with van der Waals surface area (Å²) in [5.74, 6) is -0.202. The molecule has 6 N–H and O–H groups in total. The molecule has 0 aliphatic carbocycles. The average molecular weight is 798 g/mol. The summed E-state index contributed by atoms with van der Waals surface area (Å²) in [5, 5.41) is 53.3. The molecular weight excluding hydrogens is 719 g/mol. The van der Waals surface area contributed by atoms with E-state index >= 15 is 0 Å². The van der Waals surface area contributed by atoms with Gasteiger partial charge in [-0.05, 0) is 70.6 Å². The van der Waals surface area contributed by atoms with Gasteiger partial charge in [0.1, 0.15) is 24.4 Å².